The summed E-state index contributed by atoms with van der Waals surface area (Å²) in [6, 6.07) is -0.418. The minimum Gasteiger partial charge on any atom is -0.465 e. The Morgan fingerprint density at radius 1 is 1.30 bits per heavy atom. The molecule has 0 aliphatic heterocycles. The van der Waals surface area contributed by atoms with E-state index in [-0.39, 0.29) is 18.2 Å². The van der Waals surface area contributed by atoms with E-state index in [9.17, 15) is 9.59 Å². The first-order valence-electron chi connectivity index (χ1n) is 6.62. The van der Waals surface area contributed by atoms with Crippen molar-refractivity contribution in [2.24, 2.45) is 0 Å². The van der Waals surface area contributed by atoms with Gasteiger partial charge in [-0.25, -0.2) is 9.59 Å². The second-order valence-electron chi connectivity index (χ2n) is 6.05. The molecule has 2 N–H and O–H groups in total. The van der Waals surface area contributed by atoms with Crippen molar-refractivity contribution < 1.29 is 24.2 Å². The highest BCUT2D eigenvalue weighted by Crippen LogP contribution is 2.27. The Hall–Kier alpha value is -1.50. The summed E-state index contributed by atoms with van der Waals surface area (Å²) >= 11 is 0. The SMILES string of the molecule is CO[C@H]1C[C@H](NC(=O)O)C[C@@H]1N(C)C(=O)OC(C)(C)C. The third kappa shape index (κ3) is 4.56. The van der Waals surface area contributed by atoms with Crippen molar-refractivity contribution >= 4 is 12.2 Å². The molecule has 1 fully saturated rings. The average Bonchev–Trinajstić information content (AvgIpc) is 2.67. The lowest BCUT2D eigenvalue weighted by atomic mass is 10.2. The van der Waals surface area contributed by atoms with Gasteiger partial charge >= 0.3 is 12.2 Å². The molecule has 0 bridgehead atoms. The topological polar surface area (TPSA) is 88.1 Å². The summed E-state index contributed by atoms with van der Waals surface area (Å²) < 4.78 is 10.7. The number of hydrogen-bond acceptors (Lipinski definition) is 4. The quantitative estimate of drug-likeness (QED) is 0.824. The normalized spacial score (nSPS) is 26.1. The Bertz CT molecular complexity index is 366. The molecule has 3 atom stereocenters. The number of rotatable bonds is 3. The van der Waals surface area contributed by atoms with Gasteiger partial charge in [-0.2, -0.15) is 0 Å². The lowest BCUT2D eigenvalue weighted by Gasteiger charge is -2.31. The molecule has 0 aromatic heterocycles. The molecule has 1 aliphatic carbocycles. The zero-order chi connectivity index (χ0) is 15.5. The predicted octanol–water partition coefficient (Wildman–Crippen LogP) is 1.67. The average molecular weight is 288 g/mol. The maximum atomic E-state index is 12.0. The van der Waals surface area contributed by atoms with Crippen molar-refractivity contribution in [3.8, 4) is 0 Å². The van der Waals surface area contributed by atoms with E-state index in [0.29, 0.717) is 12.8 Å². The number of carboxylic acid groups (broad SMARTS) is 1. The van der Waals surface area contributed by atoms with Crippen LogP contribution in [0.4, 0.5) is 9.59 Å². The summed E-state index contributed by atoms with van der Waals surface area (Å²) in [5, 5.41) is 11.2. The first kappa shape index (κ1) is 16.6. The monoisotopic (exact) mass is 288 g/mol. The molecule has 0 heterocycles. The molecule has 0 unspecified atom stereocenters. The Morgan fingerprint density at radius 3 is 2.35 bits per heavy atom. The molecule has 20 heavy (non-hydrogen) atoms. The fourth-order valence-electron chi connectivity index (χ4n) is 2.40. The van der Waals surface area contributed by atoms with Gasteiger partial charge in [-0.05, 0) is 33.6 Å². The van der Waals surface area contributed by atoms with E-state index in [2.05, 4.69) is 5.32 Å². The molecule has 0 aromatic carbocycles. The van der Waals surface area contributed by atoms with Gasteiger partial charge in [0, 0.05) is 20.2 Å². The summed E-state index contributed by atoms with van der Waals surface area (Å²) in [4.78, 5) is 24.2. The van der Waals surface area contributed by atoms with Gasteiger partial charge in [-0.15, -0.1) is 0 Å². The zero-order valence-electron chi connectivity index (χ0n) is 12.7. The summed E-state index contributed by atoms with van der Waals surface area (Å²) in [6.45, 7) is 5.40. The maximum Gasteiger partial charge on any atom is 0.410 e. The van der Waals surface area contributed by atoms with Crippen LogP contribution in [-0.4, -0.2) is 60.1 Å². The fraction of sp³-hybridized carbons (Fsp3) is 0.846. The molecule has 1 saturated carbocycles. The number of likely N-dealkylation sites (N-methyl/N-ethyl adjacent to an activating group) is 1. The van der Waals surface area contributed by atoms with E-state index in [1.165, 1.54) is 4.90 Å². The first-order valence-corrected chi connectivity index (χ1v) is 6.62. The van der Waals surface area contributed by atoms with Crippen molar-refractivity contribution in [3.63, 3.8) is 0 Å². The van der Waals surface area contributed by atoms with Crippen molar-refractivity contribution in [1.29, 1.82) is 0 Å². The third-order valence-electron chi connectivity index (χ3n) is 3.28. The van der Waals surface area contributed by atoms with E-state index in [4.69, 9.17) is 14.6 Å². The van der Waals surface area contributed by atoms with Crippen LogP contribution in [0.3, 0.4) is 0 Å². The van der Waals surface area contributed by atoms with E-state index in [0.717, 1.165) is 0 Å². The second-order valence-corrected chi connectivity index (χ2v) is 6.05. The van der Waals surface area contributed by atoms with Gasteiger partial charge in [0.15, 0.2) is 0 Å². The Morgan fingerprint density at radius 2 is 1.90 bits per heavy atom. The van der Waals surface area contributed by atoms with Crippen LogP contribution in [0.1, 0.15) is 33.6 Å². The molecule has 2 amide bonds. The zero-order valence-corrected chi connectivity index (χ0v) is 12.7. The maximum absolute atomic E-state index is 12.0. The van der Waals surface area contributed by atoms with Crippen LogP contribution in [0.25, 0.3) is 0 Å². The molecule has 0 saturated heterocycles. The van der Waals surface area contributed by atoms with E-state index in [1.54, 1.807) is 34.9 Å². The number of carbonyl (C=O) groups is 2. The van der Waals surface area contributed by atoms with Crippen LogP contribution in [0.2, 0.25) is 0 Å². The number of ether oxygens (including phenoxy) is 2. The fourth-order valence-corrected chi connectivity index (χ4v) is 2.40. The number of nitrogens with zero attached hydrogens (tertiary/aromatic N) is 1. The van der Waals surface area contributed by atoms with Crippen LogP contribution in [0.5, 0.6) is 0 Å². The molecule has 0 aromatic rings. The third-order valence-corrected chi connectivity index (χ3v) is 3.28. The summed E-state index contributed by atoms with van der Waals surface area (Å²) in [7, 11) is 3.21. The number of amides is 2. The summed E-state index contributed by atoms with van der Waals surface area (Å²) in [5.41, 5.74) is -0.564. The Balaban J connectivity index is 2.68. The summed E-state index contributed by atoms with van der Waals surface area (Å²) in [5.74, 6) is 0. The number of carbonyl (C=O) groups excluding carboxylic acids is 1. The van der Waals surface area contributed by atoms with Crippen LogP contribution in [0, 0.1) is 0 Å². The van der Waals surface area contributed by atoms with Crippen molar-refractivity contribution in [2.75, 3.05) is 14.2 Å². The van der Waals surface area contributed by atoms with Gasteiger partial charge < -0.3 is 24.8 Å². The molecule has 1 aliphatic rings. The lowest BCUT2D eigenvalue weighted by molar-refractivity contribution is -0.000469. The van der Waals surface area contributed by atoms with Gasteiger partial charge in [0.2, 0.25) is 0 Å². The molecular weight excluding hydrogens is 264 g/mol. The van der Waals surface area contributed by atoms with Gasteiger partial charge in [-0.3, -0.25) is 0 Å². The number of nitrogens with one attached hydrogen (secondary N) is 1. The van der Waals surface area contributed by atoms with Crippen LogP contribution in [-0.2, 0) is 9.47 Å². The molecule has 7 nitrogen and oxygen atoms in total. The highest BCUT2D eigenvalue weighted by atomic mass is 16.6. The van der Waals surface area contributed by atoms with E-state index < -0.39 is 17.8 Å². The van der Waals surface area contributed by atoms with Gasteiger partial charge in [-0.1, -0.05) is 0 Å². The van der Waals surface area contributed by atoms with E-state index >= 15 is 0 Å². The first-order chi connectivity index (χ1) is 9.14. The summed E-state index contributed by atoms with van der Waals surface area (Å²) in [6.07, 6.45) is -0.642. The predicted molar refractivity (Wildman–Crippen MR) is 72.8 cm³/mol. The van der Waals surface area contributed by atoms with Gasteiger partial charge in [0.1, 0.15) is 5.60 Å². The Kier molecular flexibility index (Phi) is 5.21. The van der Waals surface area contributed by atoms with Crippen molar-refractivity contribution in [3.05, 3.63) is 0 Å². The molecule has 0 radical (unpaired) electrons. The van der Waals surface area contributed by atoms with Crippen LogP contribution < -0.4 is 5.32 Å². The Labute approximate surface area is 119 Å². The molecule has 0 spiro atoms. The lowest BCUT2D eigenvalue weighted by Crippen LogP contribution is -2.45. The highest BCUT2D eigenvalue weighted by Gasteiger charge is 2.40. The smallest absolute Gasteiger partial charge is 0.410 e. The van der Waals surface area contributed by atoms with Crippen LogP contribution >= 0.6 is 0 Å². The minimum absolute atomic E-state index is 0.202. The molecule has 116 valence electrons. The van der Waals surface area contributed by atoms with Gasteiger partial charge in [0.05, 0.1) is 12.1 Å². The largest absolute Gasteiger partial charge is 0.465 e. The van der Waals surface area contributed by atoms with Crippen LogP contribution in [0.15, 0.2) is 0 Å². The van der Waals surface area contributed by atoms with Gasteiger partial charge in [0.25, 0.3) is 0 Å². The minimum atomic E-state index is -1.06. The molecule has 7 heteroatoms. The van der Waals surface area contributed by atoms with Crippen molar-refractivity contribution in [1.82, 2.24) is 10.2 Å². The standard InChI is InChI=1S/C13H24N2O5/c1-13(2,3)20-12(18)15(4)9-6-8(14-11(16)17)7-10(9)19-5/h8-10,14H,6-7H2,1-5H3,(H,16,17)/t8-,9+,10+/m1/s1. The number of methoxy groups -OCH3 is 1. The highest BCUT2D eigenvalue weighted by molar-refractivity contribution is 5.68. The number of hydrogen-bond donors (Lipinski definition) is 2. The van der Waals surface area contributed by atoms with Crippen molar-refractivity contribution in [2.45, 2.75) is 57.4 Å². The molecular formula is C13H24N2O5. The van der Waals surface area contributed by atoms with E-state index in [1.807, 2.05) is 0 Å². The second kappa shape index (κ2) is 6.30. The molecule has 1 rings (SSSR count).